The fourth-order valence-electron chi connectivity index (χ4n) is 8.78. The summed E-state index contributed by atoms with van der Waals surface area (Å²) in [5, 5.41) is 5.85. The van der Waals surface area contributed by atoms with E-state index in [1.807, 2.05) is 0 Å². The van der Waals surface area contributed by atoms with Gasteiger partial charge in [0.15, 0.2) is 0 Å². The Morgan fingerprint density at radius 1 is 0.444 bits per heavy atom. The van der Waals surface area contributed by atoms with Crippen molar-refractivity contribution in [3.05, 3.63) is 109 Å². The highest BCUT2D eigenvalue weighted by atomic mass is 14.5. The van der Waals surface area contributed by atoms with Crippen LogP contribution in [-0.2, 0) is 0 Å². The van der Waals surface area contributed by atoms with Crippen LogP contribution in [-0.4, -0.2) is 0 Å². The average molecular weight is 465 g/mol. The Hall–Kier alpha value is -3.38. The van der Waals surface area contributed by atoms with E-state index in [-0.39, 0.29) is 0 Å². The average Bonchev–Trinajstić information content (AvgIpc) is 2.92. The van der Waals surface area contributed by atoms with Gasteiger partial charge in [-0.1, -0.05) is 103 Å². The number of rotatable bonds is 3. The Morgan fingerprint density at radius 3 is 1.67 bits per heavy atom. The van der Waals surface area contributed by atoms with Gasteiger partial charge in [0.2, 0.25) is 0 Å². The SMILES string of the molecule is c1ccc(-c2c3ccccc3c(C3C4CC5CC(C4)CC3C5)c3c(-c4ccccc4)cccc23)cc1. The summed E-state index contributed by atoms with van der Waals surface area (Å²) in [4.78, 5) is 0. The van der Waals surface area contributed by atoms with E-state index in [2.05, 4.69) is 103 Å². The first-order valence-electron chi connectivity index (χ1n) is 13.9. The number of benzene rings is 5. The van der Waals surface area contributed by atoms with Crippen LogP contribution in [0.15, 0.2) is 103 Å². The molecule has 4 aliphatic carbocycles. The Bertz CT molecular complexity index is 1550. The van der Waals surface area contributed by atoms with E-state index < -0.39 is 0 Å². The maximum Gasteiger partial charge on any atom is -0.00264 e. The molecule has 4 aliphatic rings. The van der Waals surface area contributed by atoms with Gasteiger partial charge in [0, 0.05) is 0 Å². The molecule has 9 rings (SSSR count). The van der Waals surface area contributed by atoms with Crippen LogP contribution in [0.2, 0.25) is 0 Å². The van der Waals surface area contributed by atoms with Crippen LogP contribution in [0, 0.1) is 23.7 Å². The molecule has 0 N–H and O–H groups in total. The van der Waals surface area contributed by atoms with Gasteiger partial charge in [-0.15, -0.1) is 0 Å². The van der Waals surface area contributed by atoms with Crippen molar-refractivity contribution in [3.63, 3.8) is 0 Å². The summed E-state index contributed by atoms with van der Waals surface area (Å²) >= 11 is 0. The predicted molar refractivity (Wildman–Crippen MR) is 152 cm³/mol. The van der Waals surface area contributed by atoms with Gasteiger partial charge in [0.05, 0.1) is 0 Å². The molecule has 0 atom stereocenters. The summed E-state index contributed by atoms with van der Waals surface area (Å²) < 4.78 is 0. The molecule has 0 nitrogen and oxygen atoms in total. The molecule has 4 bridgehead atoms. The maximum atomic E-state index is 2.43. The zero-order chi connectivity index (χ0) is 23.6. The lowest BCUT2D eigenvalue weighted by Crippen LogP contribution is -2.43. The highest BCUT2D eigenvalue weighted by Crippen LogP contribution is 2.62. The Kier molecular flexibility index (Phi) is 4.66. The molecule has 4 fully saturated rings. The summed E-state index contributed by atoms with van der Waals surface area (Å²) in [6.45, 7) is 0. The second kappa shape index (κ2) is 8.07. The van der Waals surface area contributed by atoms with E-state index >= 15 is 0 Å². The molecule has 0 heterocycles. The molecular weight excluding hydrogens is 432 g/mol. The topological polar surface area (TPSA) is 0 Å². The lowest BCUT2D eigenvalue weighted by molar-refractivity contribution is -0.00185. The number of hydrogen-bond acceptors (Lipinski definition) is 0. The van der Waals surface area contributed by atoms with Gasteiger partial charge in [-0.05, 0) is 111 Å². The lowest BCUT2D eigenvalue weighted by atomic mass is 9.50. The van der Waals surface area contributed by atoms with Crippen LogP contribution in [0.3, 0.4) is 0 Å². The zero-order valence-electron chi connectivity index (χ0n) is 20.7. The molecule has 0 unspecified atom stereocenters. The Morgan fingerprint density at radius 2 is 1.00 bits per heavy atom. The molecule has 0 heteroatoms. The minimum Gasteiger partial charge on any atom is -0.0622 e. The van der Waals surface area contributed by atoms with Crippen molar-refractivity contribution in [2.45, 2.75) is 38.0 Å². The molecule has 5 aromatic rings. The van der Waals surface area contributed by atoms with Gasteiger partial charge in [0.1, 0.15) is 0 Å². The zero-order valence-corrected chi connectivity index (χ0v) is 20.7. The highest BCUT2D eigenvalue weighted by Gasteiger charge is 2.49. The molecule has 0 aliphatic heterocycles. The first kappa shape index (κ1) is 20.8. The second-order valence-corrected chi connectivity index (χ2v) is 11.8. The molecular formula is C36H32. The third-order valence-corrected chi connectivity index (χ3v) is 9.80. The Labute approximate surface area is 214 Å². The van der Waals surface area contributed by atoms with Crippen molar-refractivity contribution < 1.29 is 0 Å². The van der Waals surface area contributed by atoms with Crippen molar-refractivity contribution in [3.8, 4) is 22.3 Å². The summed E-state index contributed by atoms with van der Waals surface area (Å²) in [5.41, 5.74) is 7.11. The van der Waals surface area contributed by atoms with Crippen LogP contribution in [0.5, 0.6) is 0 Å². The van der Waals surface area contributed by atoms with Gasteiger partial charge < -0.3 is 0 Å². The van der Waals surface area contributed by atoms with Crippen LogP contribution >= 0.6 is 0 Å². The molecule has 0 saturated heterocycles. The van der Waals surface area contributed by atoms with E-state index in [9.17, 15) is 0 Å². The monoisotopic (exact) mass is 464 g/mol. The maximum absolute atomic E-state index is 2.43. The smallest absolute Gasteiger partial charge is 0.00264 e. The first-order valence-corrected chi connectivity index (χ1v) is 13.9. The fourth-order valence-corrected chi connectivity index (χ4v) is 8.78. The van der Waals surface area contributed by atoms with Crippen LogP contribution < -0.4 is 0 Å². The van der Waals surface area contributed by atoms with Crippen molar-refractivity contribution >= 4 is 21.5 Å². The van der Waals surface area contributed by atoms with Gasteiger partial charge >= 0.3 is 0 Å². The van der Waals surface area contributed by atoms with E-state index in [1.54, 1.807) is 5.56 Å². The molecule has 0 spiro atoms. The van der Waals surface area contributed by atoms with Crippen LogP contribution in [0.1, 0.15) is 43.6 Å². The van der Waals surface area contributed by atoms with E-state index in [0.29, 0.717) is 5.92 Å². The normalized spacial score (nSPS) is 26.6. The summed E-state index contributed by atoms with van der Waals surface area (Å²) in [5.74, 6) is 4.34. The fraction of sp³-hybridized carbons (Fsp3) is 0.278. The van der Waals surface area contributed by atoms with Gasteiger partial charge in [-0.25, -0.2) is 0 Å². The lowest BCUT2D eigenvalue weighted by Gasteiger charge is -2.55. The molecule has 36 heavy (non-hydrogen) atoms. The minimum absolute atomic E-state index is 0.680. The molecule has 0 aromatic heterocycles. The van der Waals surface area contributed by atoms with Gasteiger partial charge in [-0.2, -0.15) is 0 Å². The van der Waals surface area contributed by atoms with Gasteiger partial charge in [-0.3, -0.25) is 0 Å². The van der Waals surface area contributed by atoms with Gasteiger partial charge in [0.25, 0.3) is 0 Å². The molecule has 0 radical (unpaired) electrons. The molecule has 5 aromatic carbocycles. The number of fused-ring (bicyclic) bond motifs is 2. The molecule has 4 saturated carbocycles. The quantitative estimate of drug-likeness (QED) is 0.233. The largest absolute Gasteiger partial charge is 0.0622 e. The van der Waals surface area contributed by atoms with E-state index in [4.69, 9.17) is 0 Å². The van der Waals surface area contributed by atoms with E-state index in [0.717, 1.165) is 23.7 Å². The second-order valence-electron chi connectivity index (χ2n) is 11.8. The standard InChI is InChI=1S/C36H32/c1-3-10-25(11-4-1)29-16-9-17-32-34(26-12-5-2-6-13-26)30-14-7-8-15-31(30)36(35(29)32)33-27-19-23-18-24(21-27)22-28(33)20-23/h1-17,23-24,27-28,33H,18-22H2. The Balaban J connectivity index is 1.52. The third kappa shape index (κ3) is 3.07. The summed E-state index contributed by atoms with van der Waals surface area (Å²) in [7, 11) is 0. The van der Waals surface area contributed by atoms with Crippen molar-refractivity contribution in [2.75, 3.05) is 0 Å². The summed E-state index contributed by atoms with van der Waals surface area (Å²) in [6.07, 6.45) is 7.29. The van der Waals surface area contributed by atoms with Crippen molar-refractivity contribution in [1.82, 2.24) is 0 Å². The minimum atomic E-state index is 0.680. The first-order chi connectivity index (χ1) is 17.8. The highest BCUT2D eigenvalue weighted by molar-refractivity contribution is 6.18. The van der Waals surface area contributed by atoms with Crippen molar-refractivity contribution in [1.29, 1.82) is 0 Å². The third-order valence-electron chi connectivity index (χ3n) is 9.80. The van der Waals surface area contributed by atoms with Crippen molar-refractivity contribution in [2.24, 2.45) is 23.7 Å². The van der Waals surface area contributed by atoms with Crippen LogP contribution in [0.25, 0.3) is 43.8 Å². The predicted octanol–water partition coefficient (Wildman–Crippen LogP) is 9.87. The summed E-state index contributed by atoms with van der Waals surface area (Å²) in [6, 6.07) is 38.6. The van der Waals surface area contributed by atoms with E-state index in [1.165, 1.54) is 75.9 Å². The molecule has 0 amide bonds. The molecule has 176 valence electrons. The number of hydrogen-bond donors (Lipinski definition) is 0. The van der Waals surface area contributed by atoms with Crippen LogP contribution in [0.4, 0.5) is 0 Å².